The molecule has 0 amide bonds. The van der Waals surface area contributed by atoms with E-state index in [1.54, 1.807) is 7.11 Å². The van der Waals surface area contributed by atoms with E-state index < -0.39 is 0 Å². The van der Waals surface area contributed by atoms with Crippen LogP contribution in [0.15, 0.2) is 18.2 Å². The van der Waals surface area contributed by atoms with E-state index in [1.165, 1.54) is 0 Å². The molecule has 0 aliphatic carbocycles. The molecule has 1 heterocycles. The Bertz CT molecular complexity index is 583. The number of ether oxygens (including phenoxy) is 2. The van der Waals surface area contributed by atoms with Gasteiger partial charge in [-0.05, 0) is 25.5 Å². The predicted octanol–water partition coefficient (Wildman–Crippen LogP) is 3.64. The number of nitrogens with zero attached hydrogens (tertiary/aromatic N) is 2. The molecular formula is C16H23ClN2O2. The molecule has 0 bridgehead atoms. The zero-order valence-electron chi connectivity index (χ0n) is 12.9. The van der Waals surface area contributed by atoms with Crippen LogP contribution in [0.3, 0.4) is 0 Å². The fourth-order valence-electron chi connectivity index (χ4n) is 2.31. The third-order valence-electron chi connectivity index (χ3n) is 3.44. The summed E-state index contributed by atoms with van der Waals surface area (Å²) in [5, 5.41) is 0. The summed E-state index contributed by atoms with van der Waals surface area (Å²) in [6.45, 7) is 5.60. The minimum atomic E-state index is 0.122. The van der Waals surface area contributed by atoms with Crippen molar-refractivity contribution in [3.63, 3.8) is 0 Å². The van der Waals surface area contributed by atoms with E-state index >= 15 is 0 Å². The van der Waals surface area contributed by atoms with Crippen molar-refractivity contribution in [2.24, 2.45) is 0 Å². The van der Waals surface area contributed by atoms with Crippen LogP contribution in [0.4, 0.5) is 0 Å². The van der Waals surface area contributed by atoms with Gasteiger partial charge in [0.2, 0.25) is 0 Å². The lowest BCUT2D eigenvalue weighted by Gasteiger charge is -2.14. The topological polar surface area (TPSA) is 36.3 Å². The summed E-state index contributed by atoms with van der Waals surface area (Å²) in [7, 11) is 1.72. The molecule has 2 rings (SSSR count). The fraction of sp³-hybridized carbons (Fsp3) is 0.562. The first kappa shape index (κ1) is 16.1. The number of aromatic nitrogens is 2. The van der Waals surface area contributed by atoms with Crippen molar-refractivity contribution in [1.29, 1.82) is 0 Å². The third kappa shape index (κ3) is 3.69. The van der Waals surface area contributed by atoms with Crippen molar-refractivity contribution in [1.82, 2.24) is 9.55 Å². The highest BCUT2D eigenvalue weighted by molar-refractivity contribution is 6.17. The Morgan fingerprint density at radius 2 is 2.19 bits per heavy atom. The molecule has 1 aromatic carbocycles. The number of imidazole rings is 1. The van der Waals surface area contributed by atoms with Crippen LogP contribution in [0.1, 0.15) is 26.1 Å². The Morgan fingerprint density at radius 1 is 1.38 bits per heavy atom. The molecule has 0 aliphatic heterocycles. The summed E-state index contributed by atoms with van der Waals surface area (Å²) in [6, 6.07) is 6.05. The molecule has 116 valence electrons. The van der Waals surface area contributed by atoms with E-state index in [2.05, 4.69) is 17.6 Å². The molecule has 1 atom stereocenters. The number of methoxy groups -OCH3 is 1. The van der Waals surface area contributed by atoms with Gasteiger partial charge in [0.1, 0.15) is 17.1 Å². The molecule has 0 aliphatic rings. The van der Waals surface area contributed by atoms with E-state index in [4.69, 9.17) is 26.1 Å². The number of aryl methyl sites for hydroxylation is 1. The van der Waals surface area contributed by atoms with Crippen molar-refractivity contribution in [3.8, 4) is 5.75 Å². The maximum Gasteiger partial charge on any atom is 0.147 e. The molecular weight excluding hydrogens is 288 g/mol. The maximum absolute atomic E-state index is 5.91. The Morgan fingerprint density at radius 3 is 2.86 bits per heavy atom. The highest BCUT2D eigenvalue weighted by Gasteiger charge is 2.15. The molecule has 1 unspecified atom stereocenters. The Kier molecular flexibility index (Phi) is 5.88. The smallest absolute Gasteiger partial charge is 0.147 e. The van der Waals surface area contributed by atoms with Crippen molar-refractivity contribution >= 4 is 22.6 Å². The van der Waals surface area contributed by atoms with E-state index in [1.807, 2.05) is 19.1 Å². The fourth-order valence-corrected chi connectivity index (χ4v) is 2.48. The SMILES string of the molecule is CCCOc1cccc2c1nc(CCCl)n2CC(C)OC. The molecule has 0 spiro atoms. The number of rotatable bonds is 8. The quantitative estimate of drug-likeness (QED) is 0.698. The van der Waals surface area contributed by atoms with Crippen LogP contribution < -0.4 is 4.74 Å². The van der Waals surface area contributed by atoms with Crippen molar-refractivity contribution < 1.29 is 9.47 Å². The van der Waals surface area contributed by atoms with Gasteiger partial charge >= 0.3 is 0 Å². The van der Waals surface area contributed by atoms with Crippen molar-refractivity contribution in [3.05, 3.63) is 24.0 Å². The molecule has 0 fully saturated rings. The Hall–Kier alpha value is -1.26. The van der Waals surface area contributed by atoms with Crippen LogP contribution in [0.25, 0.3) is 11.0 Å². The lowest BCUT2D eigenvalue weighted by Crippen LogP contribution is -2.17. The highest BCUT2D eigenvalue weighted by Crippen LogP contribution is 2.27. The molecule has 0 saturated heterocycles. The number of para-hydroxylation sites is 1. The molecule has 0 radical (unpaired) electrons. The van der Waals surface area contributed by atoms with Gasteiger partial charge in [0.05, 0.1) is 24.8 Å². The monoisotopic (exact) mass is 310 g/mol. The van der Waals surface area contributed by atoms with Crippen LogP contribution >= 0.6 is 11.6 Å². The number of hydrogen-bond donors (Lipinski definition) is 0. The van der Waals surface area contributed by atoms with Gasteiger partial charge in [-0.3, -0.25) is 0 Å². The van der Waals surface area contributed by atoms with E-state index in [0.717, 1.165) is 42.0 Å². The van der Waals surface area contributed by atoms with Gasteiger partial charge in [0.15, 0.2) is 0 Å². The molecule has 1 aromatic heterocycles. The van der Waals surface area contributed by atoms with Crippen LogP contribution in [0.5, 0.6) is 5.75 Å². The van der Waals surface area contributed by atoms with Gasteiger partial charge in [0.25, 0.3) is 0 Å². The van der Waals surface area contributed by atoms with Gasteiger partial charge in [0, 0.05) is 19.4 Å². The Labute approximate surface area is 131 Å². The number of halogens is 1. The van der Waals surface area contributed by atoms with Gasteiger partial charge in [-0.25, -0.2) is 4.98 Å². The second-order valence-corrected chi connectivity index (χ2v) is 5.47. The average molecular weight is 311 g/mol. The summed E-state index contributed by atoms with van der Waals surface area (Å²) < 4.78 is 13.4. The van der Waals surface area contributed by atoms with Gasteiger partial charge in [-0.15, -0.1) is 11.6 Å². The van der Waals surface area contributed by atoms with Crippen LogP contribution in [-0.4, -0.2) is 35.3 Å². The average Bonchev–Trinajstić information content (AvgIpc) is 2.84. The minimum Gasteiger partial charge on any atom is -0.491 e. The second-order valence-electron chi connectivity index (χ2n) is 5.10. The van der Waals surface area contributed by atoms with Crippen LogP contribution in [0.2, 0.25) is 0 Å². The molecule has 4 nitrogen and oxygen atoms in total. The number of alkyl halides is 1. The zero-order chi connectivity index (χ0) is 15.2. The molecule has 0 N–H and O–H groups in total. The first-order valence-electron chi connectivity index (χ1n) is 7.40. The summed E-state index contributed by atoms with van der Waals surface area (Å²) >= 11 is 5.91. The molecule has 0 saturated carbocycles. The van der Waals surface area contributed by atoms with Gasteiger partial charge in [-0.1, -0.05) is 13.0 Å². The summed E-state index contributed by atoms with van der Waals surface area (Å²) in [6.07, 6.45) is 1.84. The zero-order valence-corrected chi connectivity index (χ0v) is 13.7. The highest BCUT2D eigenvalue weighted by atomic mass is 35.5. The number of fused-ring (bicyclic) bond motifs is 1. The summed E-state index contributed by atoms with van der Waals surface area (Å²) in [5.74, 6) is 2.38. The van der Waals surface area contributed by atoms with Crippen LogP contribution in [0, 0.1) is 0 Å². The van der Waals surface area contributed by atoms with Crippen molar-refractivity contribution in [2.75, 3.05) is 19.6 Å². The predicted molar refractivity (Wildman–Crippen MR) is 86.4 cm³/mol. The van der Waals surface area contributed by atoms with Gasteiger partial charge in [-0.2, -0.15) is 0 Å². The second kappa shape index (κ2) is 7.66. The normalized spacial score (nSPS) is 12.8. The number of hydrogen-bond acceptors (Lipinski definition) is 3. The lowest BCUT2D eigenvalue weighted by atomic mass is 10.3. The largest absolute Gasteiger partial charge is 0.491 e. The third-order valence-corrected chi connectivity index (χ3v) is 3.63. The standard InChI is InChI=1S/C16H23ClN2O2/c1-4-10-21-14-7-5-6-13-16(14)18-15(8-9-17)19(13)11-12(2)20-3/h5-7,12H,4,8-11H2,1-3H3. The minimum absolute atomic E-state index is 0.122. The van der Waals surface area contributed by atoms with Gasteiger partial charge < -0.3 is 14.0 Å². The van der Waals surface area contributed by atoms with E-state index in [9.17, 15) is 0 Å². The first-order chi connectivity index (χ1) is 10.2. The van der Waals surface area contributed by atoms with E-state index in [0.29, 0.717) is 12.5 Å². The van der Waals surface area contributed by atoms with Crippen molar-refractivity contribution in [2.45, 2.75) is 39.3 Å². The van der Waals surface area contributed by atoms with E-state index in [-0.39, 0.29) is 6.10 Å². The maximum atomic E-state index is 5.91. The summed E-state index contributed by atoms with van der Waals surface area (Å²) in [4.78, 5) is 4.74. The molecule has 21 heavy (non-hydrogen) atoms. The molecule has 5 heteroatoms. The molecule has 2 aromatic rings. The van der Waals surface area contributed by atoms with Crippen LogP contribution in [-0.2, 0) is 17.7 Å². The summed E-state index contributed by atoms with van der Waals surface area (Å²) in [5.41, 5.74) is 1.99. The Balaban J connectivity index is 2.45. The lowest BCUT2D eigenvalue weighted by molar-refractivity contribution is 0.103. The first-order valence-corrected chi connectivity index (χ1v) is 7.94. The number of benzene rings is 1.